The average molecular weight is 392 g/mol. The van der Waals surface area contributed by atoms with Crippen LogP contribution >= 0.6 is 0 Å². The van der Waals surface area contributed by atoms with E-state index in [4.69, 9.17) is 9.47 Å². The van der Waals surface area contributed by atoms with Gasteiger partial charge in [0.15, 0.2) is 11.5 Å². The molecular formula is C24H28N2O3. The molecule has 0 spiro atoms. The summed E-state index contributed by atoms with van der Waals surface area (Å²) < 4.78 is 10.6. The van der Waals surface area contributed by atoms with Crippen molar-refractivity contribution in [1.82, 2.24) is 10.2 Å². The van der Waals surface area contributed by atoms with Gasteiger partial charge in [0, 0.05) is 6.54 Å². The second-order valence-corrected chi connectivity index (χ2v) is 7.22. The van der Waals surface area contributed by atoms with E-state index in [9.17, 15) is 4.79 Å². The third kappa shape index (κ3) is 5.06. The van der Waals surface area contributed by atoms with Gasteiger partial charge in [-0.3, -0.25) is 9.69 Å². The van der Waals surface area contributed by atoms with Gasteiger partial charge in [-0.2, -0.15) is 0 Å². The minimum Gasteiger partial charge on any atom is -0.493 e. The number of amides is 1. The molecule has 0 aromatic heterocycles. The highest BCUT2D eigenvalue weighted by Crippen LogP contribution is 2.28. The van der Waals surface area contributed by atoms with E-state index in [-0.39, 0.29) is 11.9 Å². The van der Waals surface area contributed by atoms with Crippen molar-refractivity contribution in [3.63, 3.8) is 0 Å². The molecule has 0 heterocycles. The topological polar surface area (TPSA) is 50.8 Å². The number of ether oxygens (including phenoxy) is 2. The first-order chi connectivity index (χ1) is 14.0. The SMILES string of the molecule is COc1ccc(CN(C)CC(=O)N[C@H](C)c2cccc3ccccc23)cc1OC. The Morgan fingerprint density at radius 3 is 2.48 bits per heavy atom. The van der Waals surface area contributed by atoms with E-state index < -0.39 is 0 Å². The average Bonchev–Trinajstić information content (AvgIpc) is 2.72. The number of hydrogen-bond donors (Lipinski definition) is 1. The van der Waals surface area contributed by atoms with E-state index in [0.29, 0.717) is 24.6 Å². The fourth-order valence-electron chi connectivity index (χ4n) is 3.58. The Kier molecular flexibility index (Phi) is 6.73. The van der Waals surface area contributed by atoms with Crippen LogP contribution in [0, 0.1) is 0 Å². The minimum atomic E-state index is -0.0666. The van der Waals surface area contributed by atoms with E-state index in [0.717, 1.165) is 11.1 Å². The Bertz CT molecular complexity index is 982. The van der Waals surface area contributed by atoms with E-state index in [1.165, 1.54) is 10.8 Å². The lowest BCUT2D eigenvalue weighted by Crippen LogP contribution is -2.36. The van der Waals surface area contributed by atoms with Crippen LogP contribution in [-0.4, -0.2) is 38.6 Å². The number of fused-ring (bicyclic) bond motifs is 1. The van der Waals surface area contributed by atoms with Gasteiger partial charge in [-0.25, -0.2) is 0 Å². The van der Waals surface area contributed by atoms with Crippen LogP contribution in [0.5, 0.6) is 11.5 Å². The van der Waals surface area contributed by atoms with Crippen LogP contribution in [0.1, 0.15) is 24.1 Å². The molecule has 5 nitrogen and oxygen atoms in total. The van der Waals surface area contributed by atoms with Gasteiger partial charge in [0.2, 0.25) is 5.91 Å². The first-order valence-corrected chi connectivity index (χ1v) is 9.68. The second-order valence-electron chi connectivity index (χ2n) is 7.22. The summed E-state index contributed by atoms with van der Waals surface area (Å²) in [6, 6.07) is 20.2. The molecule has 0 bridgehead atoms. The number of nitrogens with zero attached hydrogens (tertiary/aromatic N) is 1. The number of carbonyl (C=O) groups is 1. The van der Waals surface area contributed by atoms with Crippen molar-refractivity contribution in [2.75, 3.05) is 27.8 Å². The van der Waals surface area contributed by atoms with Crippen molar-refractivity contribution in [2.24, 2.45) is 0 Å². The predicted octanol–water partition coefficient (Wildman–Crippen LogP) is 4.17. The molecule has 0 radical (unpaired) electrons. The summed E-state index contributed by atoms with van der Waals surface area (Å²) in [6.07, 6.45) is 0. The number of carbonyl (C=O) groups excluding carboxylic acids is 1. The summed E-state index contributed by atoms with van der Waals surface area (Å²) in [7, 11) is 5.16. The van der Waals surface area contributed by atoms with Gasteiger partial charge in [0.1, 0.15) is 0 Å². The lowest BCUT2D eigenvalue weighted by molar-refractivity contribution is -0.122. The zero-order chi connectivity index (χ0) is 20.8. The Morgan fingerprint density at radius 1 is 1.00 bits per heavy atom. The molecule has 29 heavy (non-hydrogen) atoms. The molecule has 0 unspecified atom stereocenters. The fraction of sp³-hybridized carbons (Fsp3) is 0.292. The minimum absolute atomic E-state index is 0.00610. The number of benzene rings is 3. The number of rotatable bonds is 8. The van der Waals surface area contributed by atoms with Gasteiger partial charge < -0.3 is 14.8 Å². The Hall–Kier alpha value is -3.05. The summed E-state index contributed by atoms with van der Waals surface area (Å²) in [5.74, 6) is 1.38. The van der Waals surface area contributed by atoms with Gasteiger partial charge in [0.05, 0.1) is 26.8 Å². The van der Waals surface area contributed by atoms with Gasteiger partial charge in [0.25, 0.3) is 0 Å². The third-order valence-electron chi connectivity index (χ3n) is 4.98. The lowest BCUT2D eigenvalue weighted by atomic mass is 10.00. The molecule has 5 heteroatoms. The molecule has 0 fully saturated rings. The van der Waals surface area contributed by atoms with Crippen LogP contribution in [-0.2, 0) is 11.3 Å². The summed E-state index contributed by atoms with van der Waals surface area (Å²) in [5, 5.41) is 5.47. The highest BCUT2D eigenvalue weighted by Gasteiger charge is 2.14. The monoisotopic (exact) mass is 392 g/mol. The quantitative estimate of drug-likeness (QED) is 0.625. The summed E-state index contributed by atoms with van der Waals surface area (Å²) in [6.45, 7) is 2.97. The molecular weight excluding hydrogens is 364 g/mol. The second kappa shape index (κ2) is 9.43. The van der Waals surface area contributed by atoms with Crippen LogP contribution < -0.4 is 14.8 Å². The van der Waals surface area contributed by atoms with Gasteiger partial charge in [-0.15, -0.1) is 0 Å². The van der Waals surface area contributed by atoms with Crippen LogP contribution in [0.3, 0.4) is 0 Å². The standard InChI is InChI=1S/C24H28N2O3/c1-17(20-11-7-9-19-8-5-6-10-21(19)20)25-24(27)16-26(2)15-18-12-13-22(28-3)23(14-18)29-4/h5-14,17H,15-16H2,1-4H3,(H,25,27)/t17-/m1/s1. The van der Waals surface area contributed by atoms with Crippen LogP contribution in [0.4, 0.5) is 0 Å². The summed E-state index contributed by atoms with van der Waals surface area (Å²) in [5.41, 5.74) is 2.18. The molecule has 0 saturated carbocycles. The maximum absolute atomic E-state index is 12.6. The number of nitrogens with one attached hydrogen (secondary N) is 1. The number of hydrogen-bond acceptors (Lipinski definition) is 4. The zero-order valence-electron chi connectivity index (χ0n) is 17.4. The highest BCUT2D eigenvalue weighted by molar-refractivity contribution is 5.87. The van der Waals surface area contributed by atoms with Crippen molar-refractivity contribution in [2.45, 2.75) is 19.5 Å². The summed E-state index contributed by atoms with van der Waals surface area (Å²) in [4.78, 5) is 14.6. The lowest BCUT2D eigenvalue weighted by Gasteiger charge is -2.20. The Morgan fingerprint density at radius 2 is 1.72 bits per heavy atom. The van der Waals surface area contributed by atoms with Crippen molar-refractivity contribution >= 4 is 16.7 Å². The molecule has 0 aliphatic carbocycles. The molecule has 0 aliphatic rings. The highest BCUT2D eigenvalue weighted by atomic mass is 16.5. The van der Waals surface area contributed by atoms with Gasteiger partial charge in [-0.05, 0) is 48.0 Å². The molecule has 3 aromatic rings. The summed E-state index contributed by atoms with van der Waals surface area (Å²) >= 11 is 0. The molecule has 0 aliphatic heterocycles. The van der Waals surface area contributed by atoms with Crippen LogP contribution in [0.15, 0.2) is 60.7 Å². The molecule has 3 rings (SSSR count). The van der Waals surface area contributed by atoms with Crippen LogP contribution in [0.25, 0.3) is 10.8 Å². The predicted molar refractivity (Wildman–Crippen MR) is 116 cm³/mol. The molecule has 1 N–H and O–H groups in total. The van der Waals surface area contributed by atoms with Crippen molar-refractivity contribution in [3.05, 3.63) is 71.8 Å². The Balaban J connectivity index is 1.61. The van der Waals surface area contributed by atoms with E-state index >= 15 is 0 Å². The third-order valence-corrected chi connectivity index (χ3v) is 4.98. The van der Waals surface area contributed by atoms with E-state index in [1.54, 1.807) is 14.2 Å². The first kappa shape index (κ1) is 20.7. The van der Waals surface area contributed by atoms with E-state index in [1.807, 2.05) is 55.3 Å². The normalized spacial score (nSPS) is 12.0. The first-order valence-electron chi connectivity index (χ1n) is 9.68. The smallest absolute Gasteiger partial charge is 0.234 e. The van der Waals surface area contributed by atoms with Crippen LogP contribution in [0.2, 0.25) is 0 Å². The van der Waals surface area contributed by atoms with Gasteiger partial charge >= 0.3 is 0 Å². The molecule has 1 amide bonds. The molecule has 3 aromatic carbocycles. The maximum Gasteiger partial charge on any atom is 0.234 e. The fourth-order valence-corrected chi connectivity index (χ4v) is 3.58. The van der Waals surface area contributed by atoms with Crippen molar-refractivity contribution in [3.8, 4) is 11.5 Å². The van der Waals surface area contributed by atoms with Gasteiger partial charge in [-0.1, -0.05) is 48.5 Å². The zero-order valence-corrected chi connectivity index (χ0v) is 17.4. The molecule has 152 valence electrons. The van der Waals surface area contributed by atoms with Crippen molar-refractivity contribution in [1.29, 1.82) is 0 Å². The van der Waals surface area contributed by atoms with E-state index in [2.05, 4.69) is 29.6 Å². The molecule has 0 saturated heterocycles. The number of likely N-dealkylation sites (N-methyl/N-ethyl adjacent to an activating group) is 1. The number of methoxy groups -OCH3 is 2. The van der Waals surface area contributed by atoms with Crippen molar-refractivity contribution < 1.29 is 14.3 Å². The maximum atomic E-state index is 12.6. The largest absolute Gasteiger partial charge is 0.493 e. The Labute approximate surface area is 172 Å². The molecule has 1 atom stereocenters.